The summed E-state index contributed by atoms with van der Waals surface area (Å²) in [6, 6.07) is 6.45. The average Bonchev–Trinajstić information content (AvgIpc) is 3.58. The molecule has 9 nitrogen and oxygen atoms in total. The van der Waals surface area contributed by atoms with Gasteiger partial charge in [0.2, 0.25) is 0 Å². The molecule has 0 bridgehead atoms. The van der Waals surface area contributed by atoms with Crippen LogP contribution in [0.2, 0.25) is 0 Å². The summed E-state index contributed by atoms with van der Waals surface area (Å²) in [4.78, 5) is 16.1. The third-order valence-corrected chi connectivity index (χ3v) is 6.21. The minimum absolute atomic E-state index is 0.0941. The number of ether oxygens (including phenoxy) is 1. The van der Waals surface area contributed by atoms with Gasteiger partial charge in [0.15, 0.2) is 23.2 Å². The summed E-state index contributed by atoms with van der Waals surface area (Å²) >= 11 is 0. The van der Waals surface area contributed by atoms with Crippen LogP contribution < -0.4 is 15.0 Å². The van der Waals surface area contributed by atoms with Gasteiger partial charge in [-0.1, -0.05) is 6.08 Å². The van der Waals surface area contributed by atoms with Crippen LogP contribution in [0.15, 0.2) is 30.3 Å². The fourth-order valence-electron chi connectivity index (χ4n) is 4.36. The third kappa shape index (κ3) is 4.74. The minimum Gasteiger partial charge on any atom is -0.421 e. The van der Waals surface area contributed by atoms with Gasteiger partial charge >= 0.3 is 6.01 Å². The normalized spacial score (nSPS) is 16.1. The van der Waals surface area contributed by atoms with E-state index < -0.39 is 11.6 Å². The van der Waals surface area contributed by atoms with Gasteiger partial charge in [0.1, 0.15) is 11.6 Å². The molecule has 36 heavy (non-hydrogen) atoms. The van der Waals surface area contributed by atoms with E-state index in [1.807, 2.05) is 39.2 Å². The number of allylic oxidation sites excluding steroid dienone is 1. The number of aromatic nitrogens is 5. The number of aromatic amines is 2. The predicted octanol–water partition coefficient (Wildman–Crippen LogP) is 4.98. The van der Waals surface area contributed by atoms with E-state index in [0.29, 0.717) is 29.2 Å². The van der Waals surface area contributed by atoms with Crippen molar-refractivity contribution >= 4 is 34.4 Å². The van der Waals surface area contributed by atoms with Gasteiger partial charge in [-0.2, -0.15) is 15.1 Å². The standard InChI is InChI=1S/C25H28F2N8O/c1-5-6-15-10-21(33-32-15)29-20-12-22(35-8-7-16(13-35)34(3)4)31-25(30-20)36-19-11-18(26)24-17(23(19)27)9-14(2)28-24/h5-6,9-12,16,28H,7-8,13H2,1-4H3,(H2,29,30,31,32,33)/b6-5+. The van der Waals surface area contributed by atoms with Crippen molar-refractivity contribution in [2.75, 3.05) is 37.4 Å². The van der Waals surface area contributed by atoms with Crippen molar-refractivity contribution in [3.05, 3.63) is 53.4 Å². The molecule has 0 saturated carbocycles. The van der Waals surface area contributed by atoms with E-state index >= 15 is 4.39 Å². The van der Waals surface area contributed by atoms with Crippen molar-refractivity contribution in [1.29, 1.82) is 0 Å². The lowest BCUT2D eigenvalue weighted by atomic mass is 10.2. The van der Waals surface area contributed by atoms with E-state index in [2.05, 4.69) is 40.3 Å². The second-order valence-corrected chi connectivity index (χ2v) is 9.09. The summed E-state index contributed by atoms with van der Waals surface area (Å²) in [5.74, 6) is -0.00356. The summed E-state index contributed by atoms with van der Waals surface area (Å²) in [6.07, 6.45) is 4.77. The Morgan fingerprint density at radius 3 is 2.75 bits per heavy atom. The van der Waals surface area contributed by atoms with Crippen molar-refractivity contribution in [1.82, 2.24) is 30.0 Å². The second-order valence-electron chi connectivity index (χ2n) is 9.09. The summed E-state index contributed by atoms with van der Waals surface area (Å²) in [6.45, 7) is 5.22. The Morgan fingerprint density at radius 2 is 2.00 bits per heavy atom. The van der Waals surface area contributed by atoms with Crippen molar-refractivity contribution in [3.63, 3.8) is 0 Å². The molecule has 4 heterocycles. The number of nitrogens with one attached hydrogen (secondary N) is 3. The molecule has 4 aromatic rings. The fourth-order valence-corrected chi connectivity index (χ4v) is 4.36. The van der Waals surface area contributed by atoms with Gasteiger partial charge in [-0.05, 0) is 46.5 Å². The van der Waals surface area contributed by atoms with Crippen LogP contribution in [0, 0.1) is 18.6 Å². The van der Waals surface area contributed by atoms with E-state index in [0.717, 1.165) is 31.3 Å². The number of hydrogen-bond acceptors (Lipinski definition) is 7. The number of hydrogen-bond donors (Lipinski definition) is 3. The Hall–Kier alpha value is -3.99. The Balaban J connectivity index is 1.50. The molecule has 1 aliphatic heterocycles. The van der Waals surface area contributed by atoms with Gasteiger partial charge in [-0.3, -0.25) is 5.10 Å². The SMILES string of the molecule is C/C=C/c1cc(Nc2cc(N3CCC(N(C)C)C3)nc(Oc3cc(F)c4[nH]c(C)cc4c3F)n2)n[nH]1. The number of H-pyrrole nitrogens is 2. The zero-order chi connectivity index (χ0) is 25.4. The molecule has 1 saturated heterocycles. The third-order valence-electron chi connectivity index (χ3n) is 6.21. The van der Waals surface area contributed by atoms with E-state index in [1.54, 1.807) is 13.0 Å². The number of anilines is 3. The maximum absolute atomic E-state index is 15.2. The fraction of sp³-hybridized carbons (Fsp3) is 0.320. The van der Waals surface area contributed by atoms with Gasteiger partial charge in [0, 0.05) is 48.4 Å². The van der Waals surface area contributed by atoms with Gasteiger partial charge in [-0.15, -0.1) is 0 Å². The van der Waals surface area contributed by atoms with Crippen LogP contribution in [-0.2, 0) is 0 Å². The molecule has 0 spiro atoms. The zero-order valence-corrected chi connectivity index (χ0v) is 20.6. The van der Waals surface area contributed by atoms with Gasteiger partial charge < -0.3 is 24.8 Å². The molecular weight excluding hydrogens is 466 g/mol. The first-order valence-corrected chi connectivity index (χ1v) is 11.7. The molecule has 1 aliphatic rings. The van der Waals surface area contributed by atoms with Crippen LogP contribution in [0.25, 0.3) is 17.0 Å². The molecule has 3 N–H and O–H groups in total. The number of nitrogens with zero attached hydrogens (tertiary/aromatic N) is 5. The first-order valence-electron chi connectivity index (χ1n) is 11.7. The van der Waals surface area contributed by atoms with Crippen LogP contribution >= 0.6 is 0 Å². The Bertz CT molecular complexity index is 1430. The summed E-state index contributed by atoms with van der Waals surface area (Å²) < 4.78 is 35.6. The summed E-state index contributed by atoms with van der Waals surface area (Å²) in [7, 11) is 4.09. The molecule has 11 heteroatoms. The maximum atomic E-state index is 15.2. The molecule has 5 rings (SSSR count). The van der Waals surface area contributed by atoms with Crippen LogP contribution in [-0.4, -0.2) is 63.3 Å². The molecule has 1 fully saturated rings. The number of fused-ring (bicyclic) bond motifs is 1. The Kier molecular flexibility index (Phi) is 6.31. The topological polar surface area (TPSA) is 98.0 Å². The molecule has 1 unspecified atom stereocenters. The number of rotatable bonds is 7. The highest BCUT2D eigenvalue weighted by Gasteiger charge is 2.26. The summed E-state index contributed by atoms with van der Waals surface area (Å²) in [5, 5.41) is 10.4. The Labute approximate surface area is 207 Å². The number of aryl methyl sites for hydroxylation is 1. The molecule has 0 amide bonds. The first kappa shape index (κ1) is 23.7. The van der Waals surface area contributed by atoms with E-state index in [-0.39, 0.29) is 22.7 Å². The van der Waals surface area contributed by atoms with Crippen molar-refractivity contribution < 1.29 is 13.5 Å². The lowest BCUT2D eigenvalue weighted by Crippen LogP contribution is -2.31. The molecule has 3 aromatic heterocycles. The van der Waals surface area contributed by atoms with Crippen molar-refractivity contribution in [3.8, 4) is 11.8 Å². The number of likely N-dealkylation sites (N-methyl/N-ethyl adjacent to an activating group) is 1. The van der Waals surface area contributed by atoms with Gasteiger partial charge in [0.05, 0.1) is 11.2 Å². The smallest absolute Gasteiger partial charge is 0.326 e. The largest absolute Gasteiger partial charge is 0.421 e. The molecule has 0 aliphatic carbocycles. The van der Waals surface area contributed by atoms with Crippen LogP contribution in [0.1, 0.15) is 24.7 Å². The maximum Gasteiger partial charge on any atom is 0.326 e. The molecule has 188 valence electrons. The molecular formula is C25H28F2N8O. The highest BCUT2D eigenvalue weighted by molar-refractivity contribution is 5.83. The summed E-state index contributed by atoms with van der Waals surface area (Å²) in [5.41, 5.74) is 1.56. The number of halogens is 2. The van der Waals surface area contributed by atoms with Crippen molar-refractivity contribution in [2.45, 2.75) is 26.3 Å². The molecule has 1 aromatic carbocycles. The van der Waals surface area contributed by atoms with Crippen molar-refractivity contribution in [2.24, 2.45) is 0 Å². The van der Waals surface area contributed by atoms with E-state index in [1.165, 1.54) is 6.07 Å². The van der Waals surface area contributed by atoms with E-state index in [9.17, 15) is 4.39 Å². The monoisotopic (exact) mass is 494 g/mol. The Morgan fingerprint density at radius 1 is 1.17 bits per heavy atom. The second kappa shape index (κ2) is 9.57. The van der Waals surface area contributed by atoms with Crippen LogP contribution in [0.4, 0.5) is 26.2 Å². The highest BCUT2D eigenvalue weighted by atomic mass is 19.1. The van der Waals surface area contributed by atoms with Crippen LogP contribution in [0.3, 0.4) is 0 Å². The zero-order valence-electron chi connectivity index (χ0n) is 20.6. The lowest BCUT2D eigenvalue weighted by Gasteiger charge is -2.21. The van der Waals surface area contributed by atoms with Crippen LogP contribution in [0.5, 0.6) is 11.8 Å². The highest BCUT2D eigenvalue weighted by Crippen LogP contribution is 2.33. The van der Waals surface area contributed by atoms with Gasteiger partial charge in [-0.25, -0.2) is 8.78 Å². The predicted molar refractivity (Wildman–Crippen MR) is 136 cm³/mol. The van der Waals surface area contributed by atoms with Gasteiger partial charge in [0.25, 0.3) is 0 Å². The van der Waals surface area contributed by atoms with E-state index in [4.69, 9.17) is 4.74 Å². The molecule has 1 atom stereocenters. The lowest BCUT2D eigenvalue weighted by molar-refractivity contribution is 0.315. The number of benzene rings is 1. The minimum atomic E-state index is -0.684. The quantitative estimate of drug-likeness (QED) is 0.333. The molecule has 0 radical (unpaired) electrons. The average molecular weight is 495 g/mol. The first-order chi connectivity index (χ1) is 17.3.